The van der Waals surface area contributed by atoms with E-state index in [-0.39, 0.29) is 5.04 Å². The van der Waals surface area contributed by atoms with Crippen molar-refractivity contribution in [3.63, 3.8) is 0 Å². The first-order chi connectivity index (χ1) is 10.9. The zero-order valence-electron chi connectivity index (χ0n) is 16.1. The molecular formula is C17H32N2O3SSi. The normalized spacial score (nSPS) is 17.4. The molecule has 1 N–H and O–H groups in total. The molecule has 5 nitrogen and oxygen atoms in total. The van der Waals surface area contributed by atoms with Gasteiger partial charge in [-0.2, -0.15) is 0 Å². The summed E-state index contributed by atoms with van der Waals surface area (Å²) >= 11 is 1.58. The molecule has 0 aliphatic carbocycles. The maximum atomic E-state index is 10.6. The molecule has 0 bridgehead atoms. The van der Waals surface area contributed by atoms with Gasteiger partial charge in [-0.25, -0.2) is 4.98 Å². The number of aliphatic hydroxyl groups is 1. The number of thiazole rings is 1. The Morgan fingerprint density at radius 2 is 1.79 bits per heavy atom. The second kappa shape index (κ2) is 7.03. The third kappa shape index (κ3) is 4.57. The minimum Gasteiger partial charge on any atom is -0.411 e. The minimum absolute atomic E-state index is 0.158. The molecule has 0 saturated carbocycles. The average Bonchev–Trinajstić information content (AvgIpc) is 2.89. The highest BCUT2D eigenvalue weighted by Gasteiger charge is 2.38. The van der Waals surface area contributed by atoms with Gasteiger partial charge in [0.1, 0.15) is 0 Å². The summed E-state index contributed by atoms with van der Waals surface area (Å²) in [5.41, 5.74) is -0.0345. The summed E-state index contributed by atoms with van der Waals surface area (Å²) in [7, 11) is -1.85. The molecule has 0 aromatic carbocycles. The molecule has 1 aromatic heterocycles. The summed E-state index contributed by atoms with van der Waals surface area (Å²) < 4.78 is 11.8. The van der Waals surface area contributed by atoms with E-state index in [9.17, 15) is 5.11 Å². The van der Waals surface area contributed by atoms with Gasteiger partial charge in [-0.1, -0.05) is 32.1 Å². The monoisotopic (exact) mass is 372 g/mol. The number of hydrogen-bond acceptors (Lipinski definition) is 6. The van der Waals surface area contributed by atoms with Gasteiger partial charge in [-0.05, 0) is 32.0 Å². The molecule has 0 spiro atoms. The number of aromatic nitrogens is 1. The summed E-state index contributed by atoms with van der Waals surface area (Å²) in [6, 6.07) is 0. The standard InChI is InChI=1S/C17H32N2O3SSi/c1-16(2,3)24(6,7)22-12-13-14(17(4,5)20)23-15(18-13)19-8-10-21-11-9-19/h20H,8-12H2,1-7H3. The van der Waals surface area contributed by atoms with Crippen LogP contribution in [-0.2, 0) is 21.4 Å². The molecule has 2 heterocycles. The van der Waals surface area contributed by atoms with E-state index < -0.39 is 13.9 Å². The van der Waals surface area contributed by atoms with Crippen LogP contribution in [0.25, 0.3) is 0 Å². The lowest BCUT2D eigenvalue weighted by Gasteiger charge is -2.36. The fourth-order valence-electron chi connectivity index (χ4n) is 2.27. The van der Waals surface area contributed by atoms with Crippen LogP contribution in [0, 0.1) is 0 Å². The largest absolute Gasteiger partial charge is 0.411 e. The number of rotatable bonds is 5. The Hall–Kier alpha value is -0.473. The molecule has 7 heteroatoms. The van der Waals surface area contributed by atoms with Crippen LogP contribution in [0.4, 0.5) is 5.13 Å². The van der Waals surface area contributed by atoms with E-state index in [4.69, 9.17) is 14.1 Å². The lowest BCUT2D eigenvalue weighted by molar-refractivity contribution is 0.0798. The van der Waals surface area contributed by atoms with E-state index in [1.165, 1.54) is 0 Å². The van der Waals surface area contributed by atoms with E-state index in [0.717, 1.165) is 42.0 Å². The van der Waals surface area contributed by atoms with E-state index >= 15 is 0 Å². The molecule has 0 unspecified atom stereocenters. The Kier molecular flexibility index (Phi) is 5.82. The van der Waals surface area contributed by atoms with Crippen molar-refractivity contribution >= 4 is 24.8 Å². The Morgan fingerprint density at radius 3 is 2.29 bits per heavy atom. The van der Waals surface area contributed by atoms with Crippen LogP contribution in [0.3, 0.4) is 0 Å². The van der Waals surface area contributed by atoms with Crippen molar-refractivity contribution in [1.82, 2.24) is 4.98 Å². The zero-order chi connectivity index (χ0) is 18.2. The number of morpholine rings is 1. The highest BCUT2D eigenvalue weighted by atomic mass is 32.1. The van der Waals surface area contributed by atoms with E-state index in [1.807, 2.05) is 13.8 Å². The van der Waals surface area contributed by atoms with Crippen molar-refractivity contribution < 1.29 is 14.3 Å². The summed E-state index contributed by atoms with van der Waals surface area (Å²) in [6.45, 7) is 18.4. The molecule has 1 aliphatic rings. The van der Waals surface area contributed by atoms with E-state index in [2.05, 4.69) is 38.8 Å². The zero-order valence-corrected chi connectivity index (χ0v) is 17.9. The molecular weight excluding hydrogens is 340 g/mol. The fourth-order valence-corrected chi connectivity index (χ4v) is 4.32. The summed E-state index contributed by atoms with van der Waals surface area (Å²) in [5.74, 6) is 0. The Balaban J connectivity index is 2.22. The van der Waals surface area contributed by atoms with Gasteiger partial charge in [0, 0.05) is 13.1 Å². The molecule has 1 fully saturated rings. The molecule has 0 atom stereocenters. The smallest absolute Gasteiger partial charge is 0.192 e. The Labute approximate surface area is 151 Å². The summed E-state index contributed by atoms with van der Waals surface area (Å²) in [4.78, 5) is 7.95. The summed E-state index contributed by atoms with van der Waals surface area (Å²) in [6.07, 6.45) is 0. The lowest BCUT2D eigenvalue weighted by Crippen LogP contribution is -2.40. The molecule has 2 rings (SSSR count). The van der Waals surface area contributed by atoms with Crippen LogP contribution in [0.2, 0.25) is 18.1 Å². The number of anilines is 1. The maximum absolute atomic E-state index is 10.6. The second-order valence-corrected chi connectivity index (χ2v) is 14.3. The van der Waals surface area contributed by atoms with Gasteiger partial charge in [-0.3, -0.25) is 0 Å². The lowest BCUT2D eigenvalue weighted by atomic mass is 10.1. The minimum atomic E-state index is -1.85. The average molecular weight is 373 g/mol. The highest BCUT2D eigenvalue weighted by molar-refractivity contribution is 7.15. The highest BCUT2D eigenvalue weighted by Crippen LogP contribution is 2.39. The van der Waals surface area contributed by atoms with Crippen molar-refractivity contribution in [2.45, 2.75) is 65.0 Å². The van der Waals surface area contributed by atoms with Crippen LogP contribution in [0.5, 0.6) is 0 Å². The molecule has 1 aliphatic heterocycles. The first-order valence-electron chi connectivity index (χ1n) is 8.61. The van der Waals surface area contributed by atoms with Gasteiger partial charge in [0.25, 0.3) is 0 Å². The van der Waals surface area contributed by atoms with Crippen molar-refractivity contribution in [2.75, 3.05) is 31.2 Å². The fraction of sp³-hybridized carbons (Fsp3) is 0.824. The van der Waals surface area contributed by atoms with Crippen molar-refractivity contribution in [2.24, 2.45) is 0 Å². The van der Waals surface area contributed by atoms with Gasteiger partial charge in [-0.15, -0.1) is 0 Å². The molecule has 1 saturated heterocycles. The first kappa shape index (κ1) is 19.8. The van der Waals surface area contributed by atoms with Crippen molar-refractivity contribution in [1.29, 1.82) is 0 Å². The first-order valence-corrected chi connectivity index (χ1v) is 12.3. The Bertz CT molecular complexity index is 555. The van der Waals surface area contributed by atoms with Crippen LogP contribution in [0.15, 0.2) is 0 Å². The predicted octanol–water partition coefficient (Wildman–Crippen LogP) is 3.73. The number of ether oxygens (including phenoxy) is 1. The van der Waals surface area contributed by atoms with E-state index in [1.54, 1.807) is 11.3 Å². The van der Waals surface area contributed by atoms with Crippen LogP contribution >= 0.6 is 11.3 Å². The third-order valence-corrected chi connectivity index (χ3v) is 10.8. The van der Waals surface area contributed by atoms with Gasteiger partial charge in [0.05, 0.1) is 36.0 Å². The van der Waals surface area contributed by atoms with Gasteiger partial charge >= 0.3 is 0 Å². The summed E-state index contributed by atoms with van der Waals surface area (Å²) in [5, 5.41) is 11.7. The van der Waals surface area contributed by atoms with Crippen molar-refractivity contribution in [3.05, 3.63) is 10.6 Å². The molecule has 1 aromatic rings. The van der Waals surface area contributed by atoms with Gasteiger partial charge in [0.2, 0.25) is 0 Å². The number of nitrogens with zero attached hydrogens (tertiary/aromatic N) is 2. The van der Waals surface area contributed by atoms with Crippen LogP contribution in [-0.4, -0.2) is 44.7 Å². The third-order valence-electron chi connectivity index (χ3n) is 4.90. The van der Waals surface area contributed by atoms with E-state index in [0.29, 0.717) is 6.61 Å². The van der Waals surface area contributed by atoms with Gasteiger partial charge < -0.3 is 19.2 Å². The Morgan fingerprint density at radius 1 is 1.21 bits per heavy atom. The topological polar surface area (TPSA) is 54.8 Å². The van der Waals surface area contributed by atoms with Crippen LogP contribution < -0.4 is 4.90 Å². The molecule has 24 heavy (non-hydrogen) atoms. The predicted molar refractivity (Wildman–Crippen MR) is 102 cm³/mol. The van der Waals surface area contributed by atoms with Gasteiger partial charge in [0.15, 0.2) is 13.4 Å². The molecule has 0 radical (unpaired) electrons. The SMILES string of the molecule is CC(C)(O)c1sc(N2CCOCC2)nc1CO[Si](C)(C)C(C)(C)C. The second-order valence-electron chi connectivity index (χ2n) is 8.48. The quantitative estimate of drug-likeness (QED) is 0.798. The number of hydrogen-bond donors (Lipinski definition) is 1. The van der Waals surface area contributed by atoms with Crippen LogP contribution in [0.1, 0.15) is 45.2 Å². The maximum Gasteiger partial charge on any atom is 0.192 e. The molecule has 0 amide bonds. The molecule has 138 valence electrons. The van der Waals surface area contributed by atoms with Crippen molar-refractivity contribution in [3.8, 4) is 0 Å².